The van der Waals surface area contributed by atoms with E-state index in [0.29, 0.717) is 11.6 Å². The van der Waals surface area contributed by atoms with E-state index < -0.39 is 0 Å². The highest BCUT2D eigenvalue weighted by Gasteiger charge is 2.23. The summed E-state index contributed by atoms with van der Waals surface area (Å²) < 4.78 is 1.80. The standard InChI is InChI=1S/C30H40N4O/c1-7-16-33-17-13-27(14-18-33)32(6)24(5)26(8-2)11-9-23(4)34-19-15-29(30(34)35)28-12-10-25(21-31)20-22(28)3/h9-12,15,19-20,27,35H,5,7-8,13-14,16-18H2,1-4,6H3/b23-9+,26-11+. The molecule has 1 fully saturated rings. The largest absolute Gasteiger partial charge is 0.494 e. The Kier molecular flexibility index (Phi) is 9.01. The summed E-state index contributed by atoms with van der Waals surface area (Å²) in [6, 6.07) is 10.1. The Balaban J connectivity index is 1.75. The molecule has 0 saturated carbocycles. The minimum Gasteiger partial charge on any atom is -0.494 e. The second kappa shape index (κ2) is 12.0. The van der Waals surface area contributed by atoms with E-state index in [-0.39, 0.29) is 5.88 Å². The molecule has 35 heavy (non-hydrogen) atoms. The van der Waals surface area contributed by atoms with Crippen molar-refractivity contribution < 1.29 is 5.11 Å². The maximum Gasteiger partial charge on any atom is 0.203 e. The van der Waals surface area contributed by atoms with Gasteiger partial charge in [0.05, 0.1) is 11.6 Å². The molecule has 5 nitrogen and oxygen atoms in total. The molecule has 0 aliphatic carbocycles. The molecular weight excluding hydrogens is 432 g/mol. The van der Waals surface area contributed by atoms with Gasteiger partial charge in [-0.2, -0.15) is 5.26 Å². The lowest BCUT2D eigenvalue weighted by Gasteiger charge is -2.39. The third-order valence-electron chi connectivity index (χ3n) is 7.23. The van der Waals surface area contributed by atoms with Gasteiger partial charge in [-0.05, 0) is 87.1 Å². The first-order valence-electron chi connectivity index (χ1n) is 12.7. The zero-order valence-corrected chi connectivity index (χ0v) is 22.0. The number of hydrogen-bond donors (Lipinski definition) is 1. The van der Waals surface area contributed by atoms with Crippen LogP contribution in [-0.2, 0) is 0 Å². The summed E-state index contributed by atoms with van der Waals surface area (Å²) in [4.78, 5) is 4.92. The Morgan fingerprint density at radius 2 is 1.91 bits per heavy atom. The molecule has 1 aliphatic rings. The Morgan fingerprint density at radius 3 is 2.51 bits per heavy atom. The molecule has 0 radical (unpaired) electrons. The van der Waals surface area contributed by atoms with Crippen LogP contribution in [0.5, 0.6) is 5.88 Å². The van der Waals surface area contributed by atoms with Crippen molar-refractivity contribution in [2.75, 3.05) is 26.7 Å². The fraction of sp³-hybridized carbons (Fsp3) is 0.433. The van der Waals surface area contributed by atoms with Crippen molar-refractivity contribution in [2.45, 2.75) is 59.4 Å². The minimum absolute atomic E-state index is 0.202. The number of allylic oxidation sites excluding steroid dienone is 4. The van der Waals surface area contributed by atoms with Gasteiger partial charge in [0, 0.05) is 49.3 Å². The monoisotopic (exact) mass is 472 g/mol. The van der Waals surface area contributed by atoms with Gasteiger partial charge >= 0.3 is 0 Å². The van der Waals surface area contributed by atoms with Crippen molar-refractivity contribution in [3.8, 4) is 23.1 Å². The predicted molar refractivity (Wildman–Crippen MR) is 146 cm³/mol. The molecular formula is C30H40N4O. The van der Waals surface area contributed by atoms with Crippen molar-refractivity contribution in [2.24, 2.45) is 0 Å². The van der Waals surface area contributed by atoms with Gasteiger partial charge in [-0.1, -0.05) is 32.6 Å². The van der Waals surface area contributed by atoms with Crippen molar-refractivity contribution in [3.05, 3.63) is 71.6 Å². The summed E-state index contributed by atoms with van der Waals surface area (Å²) in [5, 5.41) is 20.1. The molecule has 5 heteroatoms. The van der Waals surface area contributed by atoms with E-state index in [9.17, 15) is 5.11 Å². The van der Waals surface area contributed by atoms with Crippen LogP contribution >= 0.6 is 0 Å². The highest BCUT2D eigenvalue weighted by Crippen LogP contribution is 2.34. The normalized spacial score (nSPS) is 15.8. The van der Waals surface area contributed by atoms with Crippen LogP contribution in [0.4, 0.5) is 0 Å². The van der Waals surface area contributed by atoms with Gasteiger partial charge in [-0.25, -0.2) is 0 Å². The molecule has 2 heterocycles. The number of likely N-dealkylation sites (N-methyl/N-ethyl adjacent to an activating group) is 1. The number of aromatic nitrogens is 1. The van der Waals surface area contributed by atoms with Gasteiger partial charge in [-0.15, -0.1) is 0 Å². The number of rotatable bonds is 9. The number of nitrogens with zero attached hydrogens (tertiary/aromatic N) is 4. The number of aromatic hydroxyl groups is 1. The predicted octanol–water partition coefficient (Wildman–Crippen LogP) is 6.56. The van der Waals surface area contributed by atoms with Gasteiger partial charge in [0.1, 0.15) is 0 Å². The molecule has 1 saturated heterocycles. The van der Waals surface area contributed by atoms with Crippen LogP contribution in [0.2, 0.25) is 0 Å². The first-order chi connectivity index (χ1) is 16.8. The Bertz CT molecular complexity index is 1140. The molecule has 0 atom stereocenters. The Labute approximate surface area is 211 Å². The fourth-order valence-corrected chi connectivity index (χ4v) is 4.97. The number of aryl methyl sites for hydroxylation is 1. The van der Waals surface area contributed by atoms with E-state index >= 15 is 0 Å². The summed E-state index contributed by atoms with van der Waals surface area (Å²) in [6.45, 7) is 16.3. The van der Waals surface area contributed by atoms with Gasteiger partial charge < -0.3 is 14.9 Å². The second-order valence-electron chi connectivity index (χ2n) is 9.55. The van der Waals surface area contributed by atoms with E-state index in [1.54, 1.807) is 10.6 Å². The highest BCUT2D eigenvalue weighted by molar-refractivity contribution is 5.74. The lowest BCUT2D eigenvalue weighted by atomic mass is 10.0. The van der Waals surface area contributed by atoms with Crippen LogP contribution < -0.4 is 0 Å². The van der Waals surface area contributed by atoms with Crippen LogP contribution in [0.1, 0.15) is 57.6 Å². The van der Waals surface area contributed by atoms with Crippen LogP contribution in [0.25, 0.3) is 16.8 Å². The number of nitriles is 1. The van der Waals surface area contributed by atoms with Crippen LogP contribution in [-0.4, -0.2) is 52.2 Å². The SMILES string of the molecule is C=C(/C(=C/C=C(\C)n1ccc(-c2ccc(C#N)cc2C)c1O)CC)N(C)C1CCN(CCC)CC1. The van der Waals surface area contributed by atoms with Crippen molar-refractivity contribution >= 4 is 5.70 Å². The molecule has 0 unspecified atom stereocenters. The molecule has 186 valence electrons. The smallest absolute Gasteiger partial charge is 0.203 e. The van der Waals surface area contributed by atoms with E-state index in [1.807, 2.05) is 38.2 Å². The second-order valence-corrected chi connectivity index (χ2v) is 9.55. The van der Waals surface area contributed by atoms with Gasteiger partial charge in [0.25, 0.3) is 0 Å². The molecule has 1 aliphatic heterocycles. The zero-order chi connectivity index (χ0) is 25.5. The summed E-state index contributed by atoms with van der Waals surface area (Å²) in [6.07, 6.45) is 10.5. The third-order valence-corrected chi connectivity index (χ3v) is 7.23. The summed E-state index contributed by atoms with van der Waals surface area (Å²) in [5.74, 6) is 0.202. The first kappa shape index (κ1) is 26.4. The topological polar surface area (TPSA) is 55.4 Å². The summed E-state index contributed by atoms with van der Waals surface area (Å²) >= 11 is 0. The summed E-state index contributed by atoms with van der Waals surface area (Å²) in [7, 11) is 2.17. The van der Waals surface area contributed by atoms with E-state index in [1.165, 1.54) is 31.4 Å². The molecule has 1 aromatic heterocycles. The Hall–Kier alpha value is -3.23. The maximum atomic E-state index is 11.0. The van der Waals surface area contributed by atoms with Crippen molar-refractivity contribution in [1.82, 2.24) is 14.4 Å². The molecule has 1 N–H and O–H groups in total. The molecule has 0 bridgehead atoms. The lowest BCUT2D eigenvalue weighted by Crippen LogP contribution is -2.43. The number of piperidine rings is 1. The molecule has 0 spiro atoms. The van der Waals surface area contributed by atoms with Crippen LogP contribution in [0, 0.1) is 18.3 Å². The van der Waals surface area contributed by atoms with E-state index in [0.717, 1.165) is 47.6 Å². The average molecular weight is 473 g/mol. The highest BCUT2D eigenvalue weighted by atomic mass is 16.3. The van der Waals surface area contributed by atoms with E-state index in [4.69, 9.17) is 5.26 Å². The van der Waals surface area contributed by atoms with Crippen molar-refractivity contribution in [1.29, 1.82) is 5.26 Å². The molecule has 1 aromatic carbocycles. The zero-order valence-electron chi connectivity index (χ0n) is 22.0. The quantitative estimate of drug-likeness (QED) is 0.420. The van der Waals surface area contributed by atoms with E-state index in [2.05, 4.69) is 55.5 Å². The maximum absolute atomic E-state index is 11.0. The number of likely N-dealkylation sites (tertiary alicyclic amines) is 1. The molecule has 3 rings (SSSR count). The van der Waals surface area contributed by atoms with Crippen LogP contribution in [0.15, 0.2) is 60.5 Å². The Morgan fingerprint density at radius 1 is 1.20 bits per heavy atom. The van der Waals surface area contributed by atoms with Gasteiger partial charge in [-0.3, -0.25) is 4.57 Å². The summed E-state index contributed by atoms with van der Waals surface area (Å²) in [5.41, 5.74) is 6.49. The first-order valence-corrected chi connectivity index (χ1v) is 12.7. The van der Waals surface area contributed by atoms with Gasteiger partial charge in [0.15, 0.2) is 0 Å². The molecule has 0 amide bonds. The average Bonchev–Trinajstić information content (AvgIpc) is 3.25. The fourth-order valence-electron chi connectivity index (χ4n) is 4.97. The minimum atomic E-state index is 0.202. The van der Waals surface area contributed by atoms with Crippen molar-refractivity contribution in [3.63, 3.8) is 0 Å². The van der Waals surface area contributed by atoms with Gasteiger partial charge in [0.2, 0.25) is 5.88 Å². The number of benzene rings is 1. The third kappa shape index (κ3) is 6.07. The number of hydrogen-bond acceptors (Lipinski definition) is 4. The van der Waals surface area contributed by atoms with Crippen LogP contribution in [0.3, 0.4) is 0 Å². The molecule has 2 aromatic rings. The lowest BCUT2D eigenvalue weighted by molar-refractivity contribution is 0.150.